The maximum atomic E-state index is 13.5. The lowest BCUT2D eigenvalue weighted by Gasteiger charge is -2.35. The summed E-state index contributed by atoms with van der Waals surface area (Å²) in [6, 6.07) is 11.6. The number of amides is 2. The Morgan fingerprint density at radius 1 is 1.10 bits per heavy atom. The number of halogens is 1. The zero-order chi connectivity index (χ0) is 29.0. The van der Waals surface area contributed by atoms with Crippen LogP contribution < -0.4 is 21.1 Å². The number of nitrogens with two attached hydrogens (primary N) is 2. The third-order valence-corrected chi connectivity index (χ3v) is 8.05. The minimum atomic E-state index is -0.836. The van der Waals surface area contributed by atoms with Crippen molar-refractivity contribution in [1.82, 2.24) is 14.8 Å². The molecule has 0 saturated carbocycles. The Hall–Kier alpha value is -4.03. The SMILES string of the molecule is CC(C(N)=O)N(c1ccc(F)cc1)c1nc(N)c(C(=O)c2ccc(OCC(=O)N3CCC(N(C)C)CC3)cc2)s1. The van der Waals surface area contributed by atoms with Crippen LogP contribution in [0.1, 0.15) is 35.0 Å². The highest BCUT2D eigenvalue weighted by Gasteiger charge is 2.28. The molecule has 12 heteroatoms. The predicted molar refractivity (Wildman–Crippen MR) is 152 cm³/mol. The number of likely N-dealkylation sites (tertiary alicyclic amines) is 1. The van der Waals surface area contributed by atoms with E-state index in [1.165, 1.54) is 29.2 Å². The number of nitrogens with zero attached hydrogens (tertiary/aromatic N) is 4. The number of rotatable bonds is 10. The largest absolute Gasteiger partial charge is 0.484 e. The monoisotopic (exact) mass is 568 g/mol. The van der Waals surface area contributed by atoms with Crippen LogP contribution in [-0.2, 0) is 9.59 Å². The van der Waals surface area contributed by atoms with Gasteiger partial charge in [0.1, 0.15) is 28.3 Å². The van der Waals surface area contributed by atoms with Gasteiger partial charge in [-0.15, -0.1) is 0 Å². The predicted octanol–water partition coefficient (Wildman–Crippen LogP) is 3.04. The van der Waals surface area contributed by atoms with Crippen molar-refractivity contribution in [3.63, 3.8) is 0 Å². The Labute approximate surface area is 236 Å². The van der Waals surface area contributed by atoms with Gasteiger partial charge in [-0.3, -0.25) is 14.4 Å². The first kappa shape index (κ1) is 29.0. The van der Waals surface area contributed by atoms with E-state index in [0.717, 1.165) is 24.2 Å². The van der Waals surface area contributed by atoms with E-state index in [0.29, 0.717) is 36.1 Å². The molecule has 2 heterocycles. The summed E-state index contributed by atoms with van der Waals surface area (Å²) in [5.74, 6) is -1.04. The lowest BCUT2D eigenvalue weighted by molar-refractivity contribution is -0.134. The number of primary amides is 1. The van der Waals surface area contributed by atoms with E-state index < -0.39 is 17.8 Å². The van der Waals surface area contributed by atoms with Gasteiger partial charge in [0.25, 0.3) is 5.91 Å². The fourth-order valence-electron chi connectivity index (χ4n) is 4.52. The van der Waals surface area contributed by atoms with Crippen LogP contribution in [-0.4, -0.2) is 78.3 Å². The third-order valence-electron chi connectivity index (χ3n) is 6.98. The number of benzene rings is 2. The van der Waals surface area contributed by atoms with E-state index in [2.05, 4.69) is 24.0 Å². The molecule has 1 aromatic heterocycles. The molecule has 40 heavy (non-hydrogen) atoms. The van der Waals surface area contributed by atoms with Gasteiger partial charge in [0.15, 0.2) is 11.7 Å². The minimum Gasteiger partial charge on any atom is -0.484 e. The van der Waals surface area contributed by atoms with Gasteiger partial charge in [0.2, 0.25) is 11.7 Å². The Balaban J connectivity index is 1.43. The average molecular weight is 569 g/mol. The van der Waals surface area contributed by atoms with E-state index in [1.54, 1.807) is 31.2 Å². The van der Waals surface area contributed by atoms with Crippen molar-refractivity contribution >= 4 is 45.6 Å². The first-order valence-corrected chi connectivity index (χ1v) is 13.7. The van der Waals surface area contributed by atoms with Gasteiger partial charge in [0, 0.05) is 30.4 Å². The molecule has 3 aromatic rings. The molecule has 2 aromatic carbocycles. The number of anilines is 3. The molecular formula is C28H33FN6O4S. The van der Waals surface area contributed by atoms with Gasteiger partial charge in [0.05, 0.1) is 0 Å². The number of carbonyl (C=O) groups excluding carboxylic acids is 3. The normalized spacial score (nSPS) is 14.7. The molecule has 1 saturated heterocycles. The Morgan fingerprint density at radius 2 is 1.73 bits per heavy atom. The second kappa shape index (κ2) is 12.4. The van der Waals surface area contributed by atoms with E-state index in [9.17, 15) is 18.8 Å². The van der Waals surface area contributed by atoms with Crippen molar-refractivity contribution in [1.29, 1.82) is 0 Å². The number of hydrogen-bond acceptors (Lipinski definition) is 9. The lowest BCUT2D eigenvalue weighted by Crippen LogP contribution is -2.45. The standard InChI is InChI=1S/C28H33FN6O4S/c1-17(27(31)38)35(21-8-6-19(29)7-9-21)28-32-26(30)25(40-28)24(37)18-4-10-22(11-5-18)39-16-23(36)34-14-12-20(13-15-34)33(2)3/h4-11,17,20H,12-16,30H2,1-3H3,(H2,31,38). The highest BCUT2D eigenvalue weighted by atomic mass is 32.1. The molecule has 0 aliphatic carbocycles. The quantitative estimate of drug-likeness (QED) is 0.357. The summed E-state index contributed by atoms with van der Waals surface area (Å²) in [6.45, 7) is 2.91. The number of thiazole rings is 1. The van der Waals surface area contributed by atoms with Crippen LogP contribution in [0, 0.1) is 5.82 Å². The molecule has 1 aliphatic heterocycles. The van der Waals surface area contributed by atoms with Crippen LogP contribution in [0.4, 0.5) is 21.0 Å². The zero-order valence-corrected chi connectivity index (χ0v) is 23.5. The number of carbonyl (C=O) groups is 3. The summed E-state index contributed by atoms with van der Waals surface area (Å²) in [4.78, 5) is 47.9. The molecule has 4 N–H and O–H groups in total. The maximum absolute atomic E-state index is 13.5. The molecule has 10 nitrogen and oxygen atoms in total. The van der Waals surface area contributed by atoms with Gasteiger partial charge >= 0.3 is 0 Å². The van der Waals surface area contributed by atoms with Crippen molar-refractivity contribution in [2.75, 3.05) is 44.4 Å². The van der Waals surface area contributed by atoms with Gasteiger partial charge in [-0.2, -0.15) is 0 Å². The minimum absolute atomic E-state index is 0.00209. The molecular weight excluding hydrogens is 535 g/mol. The molecule has 0 radical (unpaired) electrons. The van der Waals surface area contributed by atoms with Crippen molar-refractivity contribution in [3.05, 3.63) is 64.8 Å². The molecule has 1 atom stereocenters. The summed E-state index contributed by atoms with van der Waals surface area (Å²) >= 11 is 1.01. The van der Waals surface area contributed by atoms with Crippen LogP contribution in [0.5, 0.6) is 5.75 Å². The lowest BCUT2D eigenvalue weighted by atomic mass is 10.0. The first-order chi connectivity index (χ1) is 19.0. The maximum Gasteiger partial charge on any atom is 0.260 e. The van der Waals surface area contributed by atoms with Crippen molar-refractivity contribution in [2.45, 2.75) is 31.8 Å². The van der Waals surface area contributed by atoms with Crippen LogP contribution in [0.3, 0.4) is 0 Å². The highest BCUT2D eigenvalue weighted by molar-refractivity contribution is 7.18. The third kappa shape index (κ3) is 6.57. The van der Waals surface area contributed by atoms with Crippen LogP contribution in [0.15, 0.2) is 48.5 Å². The molecule has 212 valence electrons. The fraction of sp³-hybridized carbons (Fsp3) is 0.357. The molecule has 1 fully saturated rings. The van der Waals surface area contributed by atoms with Crippen LogP contribution in [0.2, 0.25) is 0 Å². The average Bonchev–Trinajstić information content (AvgIpc) is 3.33. The van der Waals surface area contributed by atoms with Crippen LogP contribution in [0.25, 0.3) is 0 Å². The Bertz CT molecular complexity index is 1350. The summed E-state index contributed by atoms with van der Waals surface area (Å²) in [6.07, 6.45) is 1.86. The summed E-state index contributed by atoms with van der Waals surface area (Å²) < 4.78 is 19.2. The Kier molecular flexibility index (Phi) is 9.00. The number of piperidine rings is 1. The zero-order valence-electron chi connectivity index (χ0n) is 22.7. The number of hydrogen-bond donors (Lipinski definition) is 2. The molecule has 2 amide bonds. The van der Waals surface area contributed by atoms with Gasteiger partial charge in [-0.1, -0.05) is 11.3 Å². The number of ketones is 1. The van der Waals surface area contributed by atoms with Gasteiger partial charge in [-0.25, -0.2) is 9.37 Å². The van der Waals surface area contributed by atoms with E-state index >= 15 is 0 Å². The van der Waals surface area contributed by atoms with Gasteiger partial charge < -0.3 is 30.9 Å². The molecule has 1 aliphatic rings. The van der Waals surface area contributed by atoms with Crippen LogP contribution >= 0.6 is 11.3 Å². The topological polar surface area (TPSA) is 135 Å². The second-order valence-electron chi connectivity index (χ2n) is 9.85. The van der Waals surface area contributed by atoms with Crippen molar-refractivity contribution < 1.29 is 23.5 Å². The molecule has 4 rings (SSSR count). The smallest absolute Gasteiger partial charge is 0.260 e. The summed E-state index contributed by atoms with van der Waals surface area (Å²) in [5.41, 5.74) is 12.5. The first-order valence-electron chi connectivity index (χ1n) is 12.9. The number of aromatic nitrogens is 1. The molecule has 0 bridgehead atoms. The highest BCUT2D eigenvalue weighted by Crippen LogP contribution is 2.36. The number of ether oxygens (including phenoxy) is 1. The summed E-state index contributed by atoms with van der Waals surface area (Å²) in [7, 11) is 4.10. The van der Waals surface area contributed by atoms with Crippen molar-refractivity contribution in [3.8, 4) is 5.75 Å². The van der Waals surface area contributed by atoms with Crippen molar-refractivity contribution in [2.24, 2.45) is 5.73 Å². The van der Waals surface area contributed by atoms with E-state index in [-0.39, 0.29) is 34.1 Å². The molecule has 0 spiro atoms. The van der Waals surface area contributed by atoms with Gasteiger partial charge in [-0.05, 0) is 82.4 Å². The van der Waals surface area contributed by atoms with E-state index in [1.807, 2.05) is 4.90 Å². The van der Waals surface area contributed by atoms with E-state index in [4.69, 9.17) is 16.2 Å². The number of nitrogen functional groups attached to an aromatic ring is 1. The Morgan fingerprint density at radius 3 is 2.30 bits per heavy atom. The second-order valence-corrected chi connectivity index (χ2v) is 10.8. The summed E-state index contributed by atoms with van der Waals surface area (Å²) in [5, 5.41) is 0.270. The molecule has 1 unspecified atom stereocenters. The fourth-order valence-corrected chi connectivity index (χ4v) is 5.57.